The molecule has 0 aromatic carbocycles. The van der Waals surface area contributed by atoms with E-state index in [1.165, 1.54) is 4.31 Å². The van der Waals surface area contributed by atoms with Gasteiger partial charge in [-0.25, -0.2) is 9.52 Å². The van der Waals surface area contributed by atoms with E-state index >= 15 is 0 Å². The van der Waals surface area contributed by atoms with E-state index in [1.54, 1.807) is 0 Å². The van der Waals surface area contributed by atoms with Crippen molar-refractivity contribution in [2.45, 2.75) is 6.42 Å². The summed E-state index contributed by atoms with van der Waals surface area (Å²) in [5.41, 5.74) is 0. The van der Waals surface area contributed by atoms with Gasteiger partial charge in [-0.1, -0.05) is 15.9 Å². The zero-order valence-corrected chi connectivity index (χ0v) is 12.7. The number of nitrogens with zero attached hydrogens (tertiary/aromatic N) is 2. The molecule has 0 aromatic heterocycles. The number of hydrogen-bond donors (Lipinski definition) is 1. The maximum absolute atomic E-state index is 11.9. The van der Waals surface area contributed by atoms with Crippen molar-refractivity contribution in [3.63, 3.8) is 0 Å². The van der Waals surface area contributed by atoms with E-state index in [-0.39, 0.29) is 0 Å². The van der Waals surface area contributed by atoms with Gasteiger partial charge in [-0.15, -0.1) is 0 Å². The summed E-state index contributed by atoms with van der Waals surface area (Å²) in [5, 5.41) is 0.861. The van der Waals surface area contributed by atoms with Crippen molar-refractivity contribution < 1.29 is 17.9 Å². The highest BCUT2D eigenvalue weighted by molar-refractivity contribution is 9.09. The second kappa shape index (κ2) is 7.27. The number of rotatable bonds is 4. The summed E-state index contributed by atoms with van der Waals surface area (Å²) >= 11 is 3.36. The van der Waals surface area contributed by atoms with Crippen LogP contribution in [0.25, 0.3) is 0 Å². The SMILES string of the molecule is COC(=O)NS(=O)(=O)N1CCCN(CCBr)CC1. The maximum atomic E-state index is 11.9. The molecule has 1 heterocycles. The lowest BCUT2D eigenvalue weighted by atomic mass is 10.4. The number of hydrogen-bond acceptors (Lipinski definition) is 5. The molecule has 0 unspecified atom stereocenters. The van der Waals surface area contributed by atoms with Crippen molar-refractivity contribution in [3.8, 4) is 0 Å². The average Bonchev–Trinajstić information content (AvgIpc) is 2.55. The number of ether oxygens (including phenoxy) is 1. The Morgan fingerprint density at radius 3 is 2.67 bits per heavy atom. The number of carbonyl (C=O) groups excluding carboxylic acids is 1. The number of methoxy groups -OCH3 is 1. The molecule has 1 aliphatic rings. The lowest BCUT2D eigenvalue weighted by molar-refractivity contribution is 0.177. The Morgan fingerprint density at radius 2 is 2.06 bits per heavy atom. The fraction of sp³-hybridized carbons (Fsp3) is 0.889. The van der Waals surface area contributed by atoms with Crippen LogP contribution in [0.1, 0.15) is 6.42 Å². The Bertz CT molecular complexity index is 376. The molecular formula is C9H18BrN3O4S. The molecule has 1 fully saturated rings. The second-order valence-electron chi connectivity index (χ2n) is 3.88. The molecule has 7 nitrogen and oxygen atoms in total. The third kappa shape index (κ3) is 4.71. The van der Waals surface area contributed by atoms with Gasteiger partial charge in [0.15, 0.2) is 0 Å². The highest BCUT2D eigenvalue weighted by atomic mass is 79.9. The molecular weight excluding hydrogens is 326 g/mol. The van der Waals surface area contributed by atoms with Crippen LogP contribution in [-0.4, -0.2) is 68.9 Å². The molecule has 1 aliphatic heterocycles. The van der Waals surface area contributed by atoms with E-state index in [9.17, 15) is 13.2 Å². The minimum atomic E-state index is -3.79. The van der Waals surface area contributed by atoms with Crippen LogP contribution in [-0.2, 0) is 14.9 Å². The van der Waals surface area contributed by atoms with Gasteiger partial charge in [0.2, 0.25) is 0 Å². The van der Waals surface area contributed by atoms with Gasteiger partial charge in [0.05, 0.1) is 7.11 Å². The molecule has 1 N–H and O–H groups in total. The van der Waals surface area contributed by atoms with E-state index in [0.29, 0.717) is 19.6 Å². The number of alkyl halides is 1. The molecule has 0 aliphatic carbocycles. The first-order chi connectivity index (χ1) is 8.49. The Hall–Kier alpha value is -0.380. The lowest BCUT2D eigenvalue weighted by Gasteiger charge is -2.20. The first-order valence-electron chi connectivity index (χ1n) is 5.63. The lowest BCUT2D eigenvalue weighted by Crippen LogP contribution is -2.45. The van der Waals surface area contributed by atoms with Gasteiger partial charge in [-0.2, -0.15) is 12.7 Å². The largest absolute Gasteiger partial charge is 0.452 e. The Morgan fingerprint density at radius 1 is 1.33 bits per heavy atom. The van der Waals surface area contributed by atoms with Crippen LogP contribution in [0.5, 0.6) is 0 Å². The van der Waals surface area contributed by atoms with Crippen LogP contribution in [0.2, 0.25) is 0 Å². The molecule has 1 amide bonds. The summed E-state index contributed by atoms with van der Waals surface area (Å²) in [6, 6.07) is 0. The van der Waals surface area contributed by atoms with Gasteiger partial charge >= 0.3 is 16.3 Å². The molecule has 0 spiro atoms. The molecule has 1 rings (SSSR count). The molecule has 0 atom stereocenters. The molecule has 0 aromatic rings. The summed E-state index contributed by atoms with van der Waals surface area (Å²) < 4.78 is 31.1. The molecule has 18 heavy (non-hydrogen) atoms. The zero-order chi connectivity index (χ0) is 13.6. The molecule has 0 saturated carbocycles. The summed E-state index contributed by atoms with van der Waals surface area (Å²) in [4.78, 5) is 13.2. The molecule has 0 radical (unpaired) electrons. The van der Waals surface area contributed by atoms with Crippen molar-refractivity contribution in [1.82, 2.24) is 13.9 Å². The van der Waals surface area contributed by atoms with Gasteiger partial charge in [0, 0.05) is 31.5 Å². The Labute approximate surface area is 116 Å². The number of carbonyl (C=O) groups is 1. The van der Waals surface area contributed by atoms with Crippen molar-refractivity contribution >= 4 is 32.2 Å². The molecule has 0 bridgehead atoms. The van der Waals surface area contributed by atoms with Gasteiger partial charge in [0.25, 0.3) is 0 Å². The summed E-state index contributed by atoms with van der Waals surface area (Å²) in [6.45, 7) is 3.19. The third-order valence-corrected chi connectivity index (χ3v) is 4.51. The maximum Gasteiger partial charge on any atom is 0.421 e. The molecule has 1 saturated heterocycles. The third-order valence-electron chi connectivity index (χ3n) is 2.69. The smallest absolute Gasteiger partial charge is 0.421 e. The van der Waals surface area contributed by atoms with E-state index < -0.39 is 16.3 Å². The topological polar surface area (TPSA) is 78.9 Å². The van der Waals surface area contributed by atoms with Gasteiger partial charge in [0.1, 0.15) is 0 Å². The van der Waals surface area contributed by atoms with Crippen molar-refractivity contribution in [3.05, 3.63) is 0 Å². The Balaban J connectivity index is 2.59. The Kier molecular flexibility index (Phi) is 6.33. The van der Waals surface area contributed by atoms with Gasteiger partial charge < -0.3 is 9.64 Å². The molecule has 106 valence electrons. The number of nitrogens with one attached hydrogen (secondary N) is 1. The monoisotopic (exact) mass is 343 g/mol. The average molecular weight is 344 g/mol. The fourth-order valence-corrected chi connectivity index (χ4v) is 3.36. The van der Waals surface area contributed by atoms with Crippen LogP contribution < -0.4 is 4.72 Å². The highest BCUT2D eigenvalue weighted by Crippen LogP contribution is 2.07. The van der Waals surface area contributed by atoms with Crippen LogP contribution in [0.4, 0.5) is 4.79 Å². The molecule has 9 heteroatoms. The predicted molar refractivity (Wildman–Crippen MR) is 70.9 cm³/mol. The van der Waals surface area contributed by atoms with Crippen molar-refractivity contribution in [2.24, 2.45) is 0 Å². The summed E-state index contributed by atoms with van der Waals surface area (Å²) in [6.07, 6.45) is -0.216. The highest BCUT2D eigenvalue weighted by Gasteiger charge is 2.26. The summed E-state index contributed by atoms with van der Waals surface area (Å²) in [5.74, 6) is 0. The summed E-state index contributed by atoms with van der Waals surface area (Å²) in [7, 11) is -2.66. The normalized spacial score (nSPS) is 19.2. The number of halogens is 1. The minimum Gasteiger partial charge on any atom is -0.452 e. The van der Waals surface area contributed by atoms with Crippen LogP contribution >= 0.6 is 15.9 Å². The predicted octanol–water partition coefficient (Wildman–Crippen LogP) is -0.0102. The first-order valence-corrected chi connectivity index (χ1v) is 8.20. The standard InChI is InChI=1S/C9H18BrN3O4S/c1-17-9(14)11-18(15,16)13-5-2-4-12(6-3-10)7-8-13/h2-8H2,1H3,(H,11,14). The van der Waals surface area contributed by atoms with E-state index in [2.05, 4.69) is 25.6 Å². The van der Waals surface area contributed by atoms with Gasteiger partial charge in [-0.05, 0) is 13.0 Å². The second-order valence-corrected chi connectivity index (χ2v) is 6.35. The van der Waals surface area contributed by atoms with Crippen LogP contribution in [0.3, 0.4) is 0 Å². The van der Waals surface area contributed by atoms with Crippen LogP contribution in [0.15, 0.2) is 0 Å². The quantitative estimate of drug-likeness (QED) is 0.726. The van der Waals surface area contributed by atoms with E-state index in [0.717, 1.165) is 32.0 Å². The number of amides is 1. The first kappa shape index (κ1) is 15.7. The van der Waals surface area contributed by atoms with E-state index in [4.69, 9.17) is 0 Å². The van der Waals surface area contributed by atoms with E-state index in [1.807, 2.05) is 4.72 Å². The van der Waals surface area contributed by atoms with Crippen LogP contribution in [0, 0.1) is 0 Å². The fourth-order valence-electron chi connectivity index (χ4n) is 1.74. The zero-order valence-electron chi connectivity index (χ0n) is 10.3. The minimum absolute atomic E-state index is 0.374. The van der Waals surface area contributed by atoms with Crippen molar-refractivity contribution in [2.75, 3.05) is 45.2 Å². The van der Waals surface area contributed by atoms with Gasteiger partial charge in [-0.3, -0.25) is 0 Å². The van der Waals surface area contributed by atoms with Crippen molar-refractivity contribution in [1.29, 1.82) is 0 Å².